The Morgan fingerprint density at radius 2 is 1.79 bits per heavy atom. The predicted octanol–water partition coefficient (Wildman–Crippen LogP) is 0.455. The van der Waals surface area contributed by atoms with Gasteiger partial charge in [-0.3, -0.25) is 9.59 Å². The number of unbranched alkanes of at least 4 members (excludes halogenated alkanes) is 3. The second kappa shape index (κ2) is 10.2. The van der Waals surface area contributed by atoms with Crippen LogP contribution in [0.5, 0.6) is 0 Å². The molecule has 0 unspecified atom stereocenters. The molecule has 0 aliphatic heterocycles. The van der Waals surface area contributed by atoms with Crippen molar-refractivity contribution in [2.75, 3.05) is 13.1 Å². The lowest BCUT2D eigenvalue weighted by Gasteiger charge is -2.14. The number of urea groups is 1. The summed E-state index contributed by atoms with van der Waals surface area (Å²) >= 11 is 0. The monoisotopic (exact) mass is 273 g/mol. The molecule has 0 radical (unpaired) electrons. The predicted molar refractivity (Wildman–Crippen MR) is 70.8 cm³/mol. The second-order valence-electron chi connectivity index (χ2n) is 4.29. The molecule has 0 aromatic carbocycles. The van der Waals surface area contributed by atoms with E-state index in [0.717, 1.165) is 25.7 Å². The minimum atomic E-state index is -1.12. The van der Waals surface area contributed by atoms with E-state index in [4.69, 9.17) is 5.11 Å². The van der Waals surface area contributed by atoms with Crippen LogP contribution in [0.25, 0.3) is 0 Å². The third-order valence-electron chi connectivity index (χ3n) is 2.47. The first-order valence-electron chi connectivity index (χ1n) is 6.51. The van der Waals surface area contributed by atoms with Gasteiger partial charge in [0.25, 0.3) is 0 Å². The van der Waals surface area contributed by atoms with Gasteiger partial charge >= 0.3 is 12.0 Å². The third-order valence-corrected chi connectivity index (χ3v) is 2.47. The largest absolute Gasteiger partial charge is 0.480 e. The Hall–Kier alpha value is -1.79. The average Bonchev–Trinajstić information content (AvgIpc) is 2.35. The quantitative estimate of drug-likeness (QED) is 0.458. The molecule has 0 aromatic heterocycles. The van der Waals surface area contributed by atoms with Gasteiger partial charge in [-0.05, 0) is 13.3 Å². The molecule has 7 nitrogen and oxygen atoms in total. The van der Waals surface area contributed by atoms with Crippen molar-refractivity contribution in [3.63, 3.8) is 0 Å². The molecule has 0 bridgehead atoms. The fourth-order valence-corrected chi connectivity index (χ4v) is 1.38. The highest BCUT2D eigenvalue weighted by Crippen LogP contribution is 1.96. The minimum Gasteiger partial charge on any atom is -0.480 e. The van der Waals surface area contributed by atoms with Gasteiger partial charge in [0.1, 0.15) is 12.6 Å². The van der Waals surface area contributed by atoms with E-state index in [1.54, 1.807) is 0 Å². The standard InChI is InChI=1S/C12H23N3O4/c1-3-4-5-6-7-13-12(19)15-9(2)11(18)14-8-10(16)17/h9H,3-8H2,1-2H3,(H,14,18)(H,16,17)(H2,13,15,19)/t9-/m0/s1. The van der Waals surface area contributed by atoms with Gasteiger partial charge in [0.05, 0.1) is 0 Å². The van der Waals surface area contributed by atoms with Crippen LogP contribution in [0, 0.1) is 0 Å². The molecule has 0 fully saturated rings. The van der Waals surface area contributed by atoms with Crippen LogP contribution in [0.4, 0.5) is 4.79 Å². The summed E-state index contributed by atoms with van der Waals surface area (Å²) < 4.78 is 0. The average molecular weight is 273 g/mol. The molecule has 4 N–H and O–H groups in total. The molecule has 3 amide bonds. The molecule has 0 aliphatic rings. The molecular formula is C12H23N3O4. The Balaban J connectivity index is 3.73. The number of carboxylic acids is 1. The Bertz CT molecular complexity index is 307. The lowest BCUT2D eigenvalue weighted by molar-refractivity contribution is -0.138. The summed E-state index contributed by atoms with van der Waals surface area (Å²) in [6.45, 7) is 3.71. The van der Waals surface area contributed by atoms with Crippen LogP contribution in [0.3, 0.4) is 0 Å². The van der Waals surface area contributed by atoms with Crippen molar-refractivity contribution in [1.82, 2.24) is 16.0 Å². The minimum absolute atomic E-state index is 0.422. The number of hydrogen-bond acceptors (Lipinski definition) is 3. The summed E-state index contributed by atoms with van der Waals surface area (Å²) in [6.07, 6.45) is 4.23. The van der Waals surface area contributed by atoms with Crippen LogP contribution in [0.2, 0.25) is 0 Å². The van der Waals surface area contributed by atoms with E-state index in [9.17, 15) is 14.4 Å². The van der Waals surface area contributed by atoms with Crippen LogP contribution in [0.1, 0.15) is 39.5 Å². The molecule has 0 rings (SSSR count). The van der Waals surface area contributed by atoms with Gasteiger partial charge in [-0.2, -0.15) is 0 Å². The van der Waals surface area contributed by atoms with E-state index in [0.29, 0.717) is 6.54 Å². The highest BCUT2D eigenvalue weighted by atomic mass is 16.4. The lowest BCUT2D eigenvalue weighted by Crippen LogP contribution is -2.49. The summed E-state index contributed by atoms with van der Waals surface area (Å²) in [5.74, 6) is -1.65. The summed E-state index contributed by atoms with van der Waals surface area (Å²) in [6, 6.07) is -1.19. The van der Waals surface area contributed by atoms with Gasteiger partial charge < -0.3 is 21.1 Å². The lowest BCUT2D eigenvalue weighted by atomic mass is 10.2. The van der Waals surface area contributed by atoms with Crippen molar-refractivity contribution in [3.8, 4) is 0 Å². The first kappa shape index (κ1) is 17.2. The number of rotatable bonds is 9. The summed E-state index contributed by atoms with van der Waals surface area (Å²) in [7, 11) is 0. The molecule has 0 aromatic rings. The zero-order valence-corrected chi connectivity index (χ0v) is 11.5. The van der Waals surface area contributed by atoms with Crippen molar-refractivity contribution in [3.05, 3.63) is 0 Å². The van der Waals surface area contributed by atoms with Gasteiger partial charge in [-0.15, -0.1) is 0 Å². The van der Waals surface area contributed by atoms with Crippen LogP contribution < -0.4 is 16.0 Å². The highest BCUT2D eigenvalue weighted by Gasteiger charge is 2.15. The first-order valence-corrected chi connectivity index (χ1v) is 6.51. The fraction of sp³-hybridized carbons (Fsp3) is 0.750. The van der Waals surface area contributed by atoms with E-state index < -0.39 is 30.5 Å². The zero-order valence-electron chi connectivity index (χ0n) is 11.5. The maximum Gasteiger partial charge on any atom is 0.322 e. The molecular weight excluding hydrogens is 250 g/mol. The summed E-state index contributed by atoms with van der Waals surface area (Å²) in [4.78, 5) is 33.1. The van der Waals surface area contributed by atoms with E-state index in [2.05, 4.69) is 22.9 Å². The fourth-order valence-electron chi connectivity index (χ4n) is 1.38. The number of nitrogens with one attached hydrogen (secondary N) is 3. The Morgan fingerprint density at radius 1 is 1.11 bits per heavy atom. The smallest absolute Gasteiger partial charge is 0.322 e. The van der Waals surface area contributed by atoms with Crippen LogP contribution in [-0.4, -0.2) is 42.1 Å². The molecule has 110 valence electrons. The van der Waals surface area contributed by atoms with Crippen molar-refractivity contribution in [2.24, 2.45) is 0 Å². The Kier molecular flexibility index (Phi) is 9.20. The molecule has 0 saturated heterocycles. The number of carboxylic acid groups (broad SMARTS) is 1. The number of hydrogen-bond donors (Lipinski definition) is 4. The van der Waals surface area contributed by atoms with E-state index in [1.165, 1.54) is 6.92 Å². The van der Waals surface area contributed by atoms with Gasteiger partial charge in [0, 0.05) is 6.54 Å². The van der Waals surface area contributed by atoms with E-state index in [-0.39, 0.29) is 0 Å². The number of amides is 3. The van der Waals surface area contributed by atoms with Crippen molar-refractivity contribution >= 4 is 17.9 Å². The Labute approximate surface area is 113 Å². The molecule has 0 spiro atoms. The topological polar surface area (TPSA) is 108 Å². The van der Waals surface area contributed by atoms with Gasteiger partial charge in [0.2, 0.25) is 5.91 Å². The molecule has 1 atom stereocenters. The molecule has 0 saturated carbocycles. The summed E-state index contributed by atoms with van der Waals surface area (Å²) in [5.41, 5.74) is 0. The molecule has 19 heavy (non-hydrogen) atoms. The van der Waals surface area contributed by atoms with Crippen molar-refractivity contribution in [2.45, 2.75) is 45.6 Å². The maximum absolute atomic E-state index is 11.4. The number of carbonyl (C=O) groups excluding carboxylic acids is 2. The molecule has 7 heteroatoms. The van der Waals surface area contributed by atoms with Crippen molar-refractivity contribution in [1.29, 1.82) is 0 Å². The maximum atomic E-state index is 11.4. The van der Waals surface area contributed by atoms with Crippen molar-refractivity contribution < 1.29 is 19.5 Å². The zero-order chi connectivity index (χ0) is 14.7. The SMILES string of the molecule is CCCCCCNC(=O)N[C@@H](C)C(=O)NCC(=O)O. The van der Waals surface area contributed by atoms with Gasteiger partial charge in [0.15, 0.2) is 0 Å². The third kappa shape index (κ3) is 9.87. The molecule has 0 aliphatic carbocycles. The number of carbonyl (C=O) groups is 3. The summed E-state index contributed by atoms with van der Waals surface area (Å²) in [5, 5.41) is 15.7. The van der Waals surface area contributed by atoms with Crippen LogP contribution in [-0.2, 0) is 9.59 Å². The highest BCUT2D eigenvalue weighted by molar-refractivity contribution is 5.88. The first-order chi connectivity index (χ1) is 8.97. The molecule has 0 heterocycles. The van der Waals surface area contributed by atoms with Crippen LogP contribution in [0.15, 0.2) is 0 Å². The number of aliphatic carboxylic acids is 1. The second-order valence-corrected chi connectivity index (χ2v) is 4.29. The van der Waals surface area contributed by atoms with E-state index >= 15 is 0 Å². The van der Waals surface area contributed by atoms with Crippen LogP contribution >= 0.6 is 0 Å². The normalized spacial score (nSPS) is 11.5. The Morgan fingerprint density at radius 3 is 2.37 bits per heavy atom. The van der Waals surface area contributed by atoms with E-state index in [1.807, 2.05) is 0 Å². The van der Waals surface area contributed by atoms with Gasteiger partial charge in [-0.1, -0.05) is 26.2 Å². The van der Waals surface area contributed by atoms with Gasteiger partial charge in [-0.25, -0.2) is 4.79 Å².